The third-order valence-corrected chi connectivity index (χ3v) is 7.67. The van der Waals surface area contributed by atoms with E-state index in [1.807, 2.05) is 48.5 Å². The molecule has 0 saturated heterocycles. The van der Waals surface area contributed by atoms with Gasteiger partial charge in [0.2, 0.25) is 5.69 Å². The summed E-state index contributed by atoms with van der Waals surface area (Å²) in [4.78, 5) is 33.0. The molecule has 0 aliphatic heterocycles. The van der Waals surface area contributed by atoms with Crippen LogP contribution in [0.25, 0.3) is 0 Å². The van der Waals surface area contributed by atoms with Gasteiger partial charge in [0.15, 0.2) is 0 Å². The fourth-order valence-electron chi connectivity index (χ4n) is 6.47. The molecule has 11 nitrogen and oxygen atoms in total. The number of hydrogen-bond donors (Lipinski definition) is 1. The van der Waals surface area contributed by atoms with Gasteiger partial charge in [-0.15, -0.1) is 0 Å². The third kappa shape index (κ3) is 8.77. The lowest BCUT2D eigenvalue weighted by molar-refractivity contribution is -0.401. The predicted molar refractivity (Wildman–Crippen MR) is 179 cm³/mol. The number of nitro benzene ring substituents is 3. The SMILES string of the molecule is CC(C)(C)CC(C)(C)c1ccc(N(Nc2c([N+](=O)[O-])cc([N+](=O)[O-])cc2[N+](=O)[O-])c2ccc(C(C)(C)CC(C)(C)C)cc2)cc1. The number of anilines is 3. The summed E-state index contributed by atoms with van der Waals surface area (Å²) in [6.07, 6.45) is 1.85. The average molecular weight is 620 g/mol. The van der Waals surface area contributed by atoms with Crippen LogP contribution in [0.2, 0.25) is 0 Å². The fourth-order valence-corrected chi connectivity index (χ4v) is 6.47. The van der Waals surface area contributed by atoms with E-state index in [1.165, 1.54) is 5.01 Å². The second-order valence-electron chi connectivity index (χ2n) is 15.4. The van der Waals surface area contributed by atoms with Crippen LogP contribution in [-0.2, 0) is 10.8 Å². The molecular weight excluding hydrogens is 574 g/mol. The van der Waals surface area contributed by atoms with Crippen molar-refractivity contribution < 1.29 is 14.8 Å². The number of nitrogens with zero attached hydrogens (tertiary/aromatic N) is 4. The molecule has 0 spiro atoms. The lowest BCUT2D eigenvalue weighted by Gasteiger charge is -2.34. The van der Waals surface area contributed by atoms with Gasteiger partial charge >= 0.3 is 11.4 Å². The molecule has 0 unspecified atom stereocenters. The first-order valence-electron chi connectivity index (χ1n) is 14.9. The van der Waals surface area contributed by atoms with Gasteiger partial charge in [-0.2, -0.15) is 0 Å². The lowest BCUT2D eigenvalue weighted by Crippen LogP contribution is -2.27. The van der Waals surface area contributed by atoms with Crippen LogP contribution in [0.3, 0.4) is 0 Å². The number of rotatable bonds is 11. The molecule has 0 fully saturated rings. The summed E-state index contributed by atoms with van der Waals surface area (Å²) in [6, 6.07) is 16.8. The van der Waals surface area contributed by atoms with E-state index in [0.717, 1.165) is 36.1 Å². The standard InChI is InChI=1S/C34H45N5O6/c1-31(2,3)21-33(7,8)23-11-15-25(16-12-23)36(26-17-13-24(14-18-26)34(9,10)22-32(4,5)6)35-30-28(38(42)43)19-27(37(40)41)20-29(30)39(44)45/h11-20,35H,21-22H2,1-10H3. The van der Waals surface area contributed by atoms with Crippen molar-refractivity contribution in [2.24, 2.45) is 10.8 Å². The van der Waals surface area contributed by atoms with Crippen LogP contribution >= 0.6 is 0 Å². The topological polar surface area (TPSA) is 145 Å². The van der Waals surface area contributed by atoms with E-state index in [2.05, 4.69) is 74.7 Å². The Kier molecular flexibility index (Phi) is 9.67. The quantitative estimate of drug-likeness (QED) is 0.165. The van der Waals surface area contributed by atoms with Crippen molar-refractivity contribution in [1.82, 2.24) is 0 Å². The zero-order chi connectivity index (χ0) is 34.1. The molecule has 0 atom stereocenters. The van der Waals surface area contributed by atoms with E-state index in [1.54, 1.807) is 0 Å². The highest BCUT2D eigenvalue weighted by atomic mass is 16.6. The highest BCUT2D eigenvalue weighted by Gasteiger charge is 2.33. The van der Waals surface area contributed by atoms with Crippen molar-refractivity contribution in [3.05, 3.63) is 102 Å². The first-order valence-corrected chi connectivity index (χ1v) is 14.9. The number of non-ortho nitro benzene ring substituents is 1. The summed E-state index contributed by atoms with van der Waals surface area (Å²) in [5.41, 5.74) is 3.30. The van der Waals surface area contributed by atoms with Crippen molar-refractivity contribution in [3.63, 3.8) is 0 Å². The molecule has 45 heavy (non-hydrogen) atoms. The van der Waals surface area contributed by atoms with Crippen molar-refractivity contribution in [1.29, 1.82) is 0 Å². The third-order valence-electron chi connectivity index (χ3n) is 7.67. The van der Waals surface area contributed by atoms with Crippen LogP contribution in [-0.4, -0.2) is 14.8 Å². The van der Waals surface area contributed by atoms with Crippen molar-refractivity contribution in [2.75, 3.05) is 10.4 Å². The summed E-state index contributed by atoms with van der Waals surface area (Å²) in [7, 11) is 0. The van der Waals surface area contributed by atoms with E-state index in [4.69, 9.17) is 0 Å². The maximum atomic E-state index is 12.1. The van der Waals surface area contributed by atoms with E-state index in [-0.39, 0.29) is 21.7 Å². The molecule has 0 heterocycles. The molecule has 11 heteroatoms. The summed E-state index contributed by atoms with van der Waals surface area (Å²) >= 11 is 0. The monoisotopic (exact) mass is 619 g/mol. The van der Waals surface area contributed by atoms with Crippen molar-refractivity contribution in [2.45, 2.75) is 92.9 Å². The van der Waals surface area contributed by atoms with Gasteiger partial charge in [-0.25, -0.2) is 0 Å². The van der Waals surface area contributed by atoms with Crippen LogP contribution in [0.5, 0.6) is 0 Å². The minimum Gasteiger partial charge on any atom is -0.282 e. The molecule has 1 N–H and O–H groups in total. The average Bonchev–Trinajstić information content (AvgIpc) is 2.88. The summed E-state index contributed by atoms with van der Waals surface area (Å²) in [5, 5.41) is 37.1. The van der Waals surface area contributed by atoms with Gasteiger partial charge in [0.1, 0.15) is 0 Å². The van der Waals surface area contributed by atoms with Crippen LogP contribution in [0.4, 0.5) is 34.1 Å². The molecule has 3 aromatic rings. The molecule has 0 bridgehead atoms. The van der Waals surface area contributed by atoms with E-state index in [9.17, 15) is 30.3 Å². The molecule has 3 rings (SSSR count). The molecule has 0 saturated carbocycles. The number of hydrazine groups is 1. The van der Waals surface area contributed by atoms with E-state index in [0.29, 0.717) is 11.4 Å². The first kappa shape index (κ1) is 34.9. The molecule has 0 aromatic heterocycles. The number of nitro groups is 3. The normalized spacial score (nSPS) is 12.5. The Hall–Kier alpha value is -4.54. The largest absolute Gasteiger partial charge is 0.308 e. The second-order valence-corrected chi connectivity index (χ2v) is 15.4. The molecule has 0 radical (unpaired) electrons. The lowest BCUT2D eigenvalue weighted by atomic mass is 9.72. The molecule has 3 aromatic carbocycles. The summed E-state index contributed by atoms with van der Waals surface area (Å²) < 4.78 is 0. The van der Waals surface area contributed by atoms with Crippen molar-refractivity contribution >= 4 is 34.1 Å². The maximum Gasteiger partial charge on any atom is 0.308 e. The molecular formula is C34H45N5O6. The Labute approximate surface area is 265 Å². The Morgan fingerprint density at radius 1 is 0.578 bits per heavy atom. The predicted octanol–water partition coefficient (Wildman–Crippen LogP) is 10.0. The van der Waals surface area contributed by atoms with Crippen LogP contribution in [0, 0.1) is 41.2 Å². The Morgan fingerprint density at radius 3 is 1.18 bits per heavy atom. The smallest absolute Gasteiger partial charge is 0.282 e. The highest BCUT2D eigenvalue weighted by molar-refractivity contribution is 5.81. The maximum absolute atomic E-state index is 12.1. The number of hydrogen-bond acceptors (Lipinski definition) is 8. The van der Waals surface area contributed by atoms with Gasteiger partial charge < -0.3 is 0 Å². The van der Waals surface area contributed by atoms with Crippen LogP contribution in [0.15, 0.2) is 60.7 Å². The van der Waals surface area contributed by atoms with Gasteiger partial charge in [0.25, 0.3) is 5.69 Å². The van der Waals surface area contributed by atoms with E-state index >= 15 is 0 Å². The first-order chi connectivity index (χ1) is 20.5. The minimum atomic E-state index is -0.891. The second kappa shape index (κ2) is 12.5. The zero-order valence-electron chi connectivity index (χ0n) is 27.9. The minimum absolute atomic E-state index is 0.0894. The van der Waals surface area contributed by atoms with E-state index < -0.39 is 37.5 Å². The molecule has 0 aliphatic rings. The summed E-state index contributed by atoms with van der Waals surface area (Å²) in [5.74, 6) is 0. The van der Waals surface area contributed by atoms with Gasteiger partial charge in [-0.05, 0) is 69.9 Å². The van der Waals surface area contributed by atoms with Crippen LogP contribution in [0.1, 0.15) is 93.2 Å². The Morgan fingerprint density at radius 2 is 0.911 bits per heavy atom. The van der Waals surface area contributed by atoms with Crippen molar-refractivity contribution in [3.8, 4) is 0 Å². The van der Waals surface area contributed by atoms with Gasteiger partial charge in [0.05, 0.1) is 38.3 Å². The van der Waals surface area contributed by atoms with Gasteiger partial charge in [-0.3, -0.25) is 40.8 Å². The number of nitrogens with one attached hydrogen (secondary N) is 1. The van der Waals surface area contributed by atoms with Gasteiger partial charge in [0, 0.05) is 0 Å². The fraction of sp³-hybridized carbons (Fsp3) is 0.471. The highest BCUT2D eigenvalue weighted by Crippen LogP contribution is 2.42. The van der Waals surface area contributed by atoms with Gasteiger partial charge in [-0.1, -0.05) is 93.5 Å². The number of benzene rings is 3. The Balaban J connectivity index is 2.20. The molecule has 0 amide bonds. The molecule has 0 aliphatic carbocycles. The summed E-state index contributed by atoms with van der Waals surface area (Å²) in [6.45, 7) is 21.8. The van der Waals surface area contributed by atoms with Crippen LogP contribution < -0.4 is 10.4 Å². The zero-order valence-corrected chi connectivity index (χ0v) is 27.9. The Bertz CT molecular complexity index is 1460. The molecule has 242 valence electrons.